The van der Waals surface area contributed by atoms with Gasteiger partial charge in [-0.05, 0) is 54.8 Å². The third-order valence-electron chi connectivity index (χ3n) is 4.19. The summed E-state index contributed by atoms with van der Waals surface area (Å²) in [7, 11) is 0. The van der Waals surface area contributed by atoms with E-state index in [4.69, 9.17) is 0 Å². The van der Waals surface area contributed by atoms with Crippen LogP contribution in [0.4, 0.5) is 14.9 Å². The molecule has 3 rings (SSSR count). The first-order valence-corrected chi connectivity index (χ1v) is 8.51. The Balaban J connectivity index is 1.84. The molecule has 0 aliphatic heterocycles. The third-order valence-corrected chi connectivity index (χ3v) is 4.19. The standard InChI is InChI=1S/C20H20FN3O3/c1-13-2-7-18-14(10-13)11-15(19(26)23-18)12-24(8-9-25)20(27)22-17-5-3-16(21)4-6-17/h2-7,10-11,25H,8-9,12H2,1H3,(H,22,27)(H,23,26). The molecule has 0 unspecified atom stereocenters. The zero-order valence-electron chi connectivity index (χ0n) is 14.8. The fourth-order valence-corrected chi connectivity index (χ4v) is 2.80. The summed E-state index contributed by atoms with van der Waals surface area (Å²) in [5.41, 5.74) is 2.33. The quantitative estimate of drug-likeness (QED) is 0.646. The normalized spacial score (nSPS) is 10.8. The number of anilines is 1. The zero-order chi connectivity index (χ0) is 19.4. The van der Waals surface area contributed by atoms with Gasteiger partial charge in [-0.15, -0.1) is 0 Å². The molecule has 3 N–H and O–H groups in total. The van der Waals surface area contributed by atoms with Crippen LogP contribution >= 0.6 is 0 Å². The number of hydrogen-bond acceptors (Lipinski definition) is 3. The van der Waals surface area contributed by atoms with E-state index >= 15 is 0 Å². The summed E-state index contributed by atoms with van der Waals surface area (Å²) in [6, 6.07) is 12.3. The Morgan fingerprint density at radius 2 is 1.93 bits per heavy atom. The molecule has 6 nitrogen and oxygen atoms in total. The van der Waals surface area contributed by atoms with E-state index in [-0.39, 0.29) is 25.3 Å². The molecule has 0 bridgehead atoms. The highest BCUT2D eigenvalue weighted by Crippen LogP contribution is 2.15. The number of fused-ring (bicyclic) bond motifs is 1. The number of aliphatic hydroxyl groups excluding tert-OH is 1. The van der Waals surface area contributed by atoms with Crippen LogP contribution in [0.25, 0.3) is 10.9 Å². The van der Waals surface area contributed by atoms with E-state index in [2.05, 4.69) is 10.3 Å². The van der Waals surface area contributed by atoms with Crippen LogP contribution in [0.3, 0.4) is 0 Å². The minimum atomic E-state index is -0.487. The summed E-state index contributed by atoms with van der Waals surface area (Å²) < 4.78 is 13.0. The van der Waals surface area contributed by atoms with Gasteiger partial charge in [0.25, 0.3) is 5.56 Å². The monoisotopic (exact) mass is 369 g/mol. The smallest absolute Gasteiger partial charge is 0.322 e. The van der Waals surface area contributed by atoms with E-state index in [1.165, 1.54) is 29.2 Å². The van der Waals surface area contributed by atoms with Crippen molar-refractivity contribution in [1.29, 1.82) is 0 Å². The number of rotatable bonds is 5. The molecule has 1 aromatic heterocycles. The lowest BCUT2D eigenvalue weighted by molar-refractivity contribution is 0.185. The van der Waals surface area contributed by atoms with Crippen LogP contribution in [0, 0.1) is 12.7 Å². The second-order valence-electron chi connectivity index (χ2n) is 6.30. The number of carbonyl (C=O) groups excluding carboxylic acids is 1. The van der Waals surface area contributed by atoms with Gasteiger partial charge in [0.05, 0.1) is 13.2 Å². The number of urea groups is 1. The molecule has 140 valence electrons. The summed E-state index contributed by atoms with van der Waals surface area (Å²) >= 11 is 0. The molecule has 0 saturated heterocycles. The first kappa shape index (κ1) is 18.6. The minimum Gasteiger partial charge on any atom is -0.395 e. The van der Waals surface area contributed by atoms with Crippen molar-refractivity contribution in [2.24, 2.45) is 0 Å². The van der Waals surface area contributed by atoms with Crippen LogP contribution in [-0.2, 0) is 6.54 Å². The van der Waals surface area contributed by atoms with Crippen molar-refractivity contribution >= 4 is 22.6 Å². The van der Waals surface area contributed by atoms with Gasteiger partial charge in [0.2, 0.25) is 0 Å². The van der Waals surface area contributed by atoms with E-state index in [1.54, 1.807) is 6.07 Å². The average molecular weight is 369 g/mol. The number of aliphatic hydroxyl groups is 1. The lowest BCUT2D eigenvalue weighted by atomic mass is 10.1. The van der Waals surface area contributed by atoms with Crippen LogP contribution in [0.5, 0.6) is 0 Å². The summed E-state index contributed by atoms with van der Waals surface area (Å²) in [6.45, 7) is 1.80. The van der Waals surface area contributed by atoms with E-state index in [1.807, 2.05) is 25.1 Å². The van der Waals surface area contributed by atoms with Gasteiger partial charge in [0.1, 0.15) is 5.82 Å². The van der Waals surface area contributed by atoms with Crippen molar-refractivity contribution in [2.75, 3.05) is 18.5 Å². The van der Waals surface area contributed by atoms with Gasteiger partial charge in [0, 0.05) is 23.3 Å². The van der Waals surface area contributed by atoms with Crippen molar-refractivity contribution in [3.8, 4) is 0 Å². The Kier molecular flexibility index (Phi) is 5.52. The van der Waals surface area contributed by atoms with E-state index in [0.717, 1.165) is 16.5 Å². The third kappa shape index (κ3) is 4.51. The number of halogens is 1. The number of carbonyl (C=O) groups is 1. The molecule has 0 spiro atoms. The molecule has 27 heavy (non-hydrogen) atoms. The van der Waals surface area contributed by atoms with Crippen molar-refractivity contribution in [1.82, 2.24) is 9.88 Å². The summed E-state index contributed by atoms with van der Waals surface area (Å²) in [4.78, 5) is 29.0. The zero-order valence-corrected chi connectivity index (χ0v) is 14.8. The number of H-pyrrole nitrogens is 1. The predicted octanol–water partition coefficient (Wildman–Crippen LogP) is 3.00. The minimum absolute atomic E-state index is 0.0345. The number of hydrogen-bond donors (Lipinski definition) is 3. The highest BCUT2D eigenvalue weighted by Gasteiger charge is 2.16. The van der Waals surface area contributed by atoms with Crippen LogP contribution in [0.1, 0.15) is 11.1 Å². The number of pyridine rings is 1. The largest absolute Gasteiger partial charge is 0.395 e. The van der Waals surface area contributed by atoms with Crippen molar-refractivity contribution < 1.29 is 14.3 Å². The fourth-order valence-electron chi connectivity index (χ4n) is 2.80. The Morgan fingerprint density at radius 1 is 1.19 bits per heavy atom. The van der Waals surface area contributed by atoms with Crippen molar-refractivity contribution in [3.05, 3.63) is 75.8 Å². The molecule has 1 heterocycles. The number of amides is 2. The number of aryl methyl sites for hydroxylation is 1. The van der Waals surface area contributed by atoms with Crippen LogP contribution < -0.4 is 10.9 Å². The van der Waals surface area contributed by atoms with Gasteiger partial charge in [-0.3, -0.25) is 4.79 Å². The molecule has 2 aromatic carbocycles. The van der Waals surface area contributed by atoms with E-state index in [9.17, 15) is 19.1 Å². The molecule has 7 heteroatoms. The first-order chi connectivity index (χ1) is 13.0. The lowest BCUT2D eigenvalue weighted by Gasteiger charge is -2.22. The van der Waals surface area contributed by atoms with Crippen LogP contribution in [0.15, 0.2) is 53.3 Å². The number of nitrogens with zero attached hydrogens (tertiary/aromatic N) is 1. The maximum atomic E-state index is 13.0. The van der Waals surface area contributed by atoms with Gasteiger partial charge in [0.15, 0.2) is 0 Å². The van der Waals surface area contributed by atoms with Crippen molar-refractivity contribution in [3.63, 3.8) is 0 Å². The number of aromatic nitrogens is 1. The molecule has 0 aliphatic carbocycles. The van der Waals surface area contributed by atoms with Gasteiger partial charge in [-0.2, -0.15) is 0 Å². The first-order valence-electron chi connectivity index (χ1n) is 8.51. The molecule has 0 radical (unpaired) electrons. The maximum absolute atomic E-state index is 13.0. The molecule has 0 aliphatic rings. The Bertz CT molecular complexity index is 1020. The average Bonchev–Trinajstić information content (AvgIpc) is 2.64. The Labute approximate surface area is 155 Å². The van der Waals surface area contributed by atoms with E-state index in [0.29, 0.717) is 11.3 Å². The molecule has 2 amide bonds. The second-order valence-corrected chi connectivity index (χ2v) is 6.30. The molecule has 0 atom stereocenters. The number of nitrogens with one attached hydrogen (secondary N) is 2. The van der Waals surface area contributed by atoms with Crippen LogP contribution in [0.2, 0.25) is 0 Å². The Morgan fingerprint density at radius 3 is 2.63 bits per heavy atom. The highest BCUT2D eigenvalue weighted by atomic mass is 19.1. The van der Waals surface area contributed by atoms with Gasteiger partial charge < -0.3 is 20.3 Å². The van der Waals surface area contributed by atoms with E-state index < -0.39 is 11.8 Å². The molecular weight excluding hydrogens is 349 g/mol. The topological polar surface area (TPSA) is 85.4 Å². The second kappa shape index (κ2) is 8.01. The lowest BCUT2D eigenvalue weighted by Crippen LogP contribution is -2.38. The molecule has 3 aromatic rings. The summed E-state index contributed by atoms with van der Waals surface area (Å²) in [6.07, 6.45) is 0. The fraction of sp³-hybridized carbons (Fsp3) is 0.200. The highest BCUT2D eigenvalue weighted by molar-refractivity contribution is 5.89. The van der Waals surface area contributed by atoms with Crippen molar-refractivity contribution in [2.45, 2.75) is 13.5 Å². The molecular formula is C20H20FN3O3. The molecule has 0 saturated carbocycles. The molecule has 0 fully saturated rings. The SMILES string of the molecule is Cc1ccc2[nH]c(=O)c(CN(CCO)C(=O)Nc3ccc(F)cc3)cc2c1. The number of aromatic amines is 1. The summed E-state index contributed by atoms with van der Waals surface area (Å²) in [5, 5.41) is 12.8. The Hall–Kier alpha value is -3.19. The van der Waals surface area contributed by atoms with Gasteiger partial charge >= 0.3 is 6.03 Å². The summed E-state index contributed by atoms with van der Waals surface area (Å²) in [5.74, 6) is -0.404. The van der Waals surface area contributed by atoms with Crippen LogP contribution in [-0.4, -0.2) is 34.2 Å². The predicted molar refractivity (Wildman–Crippen MR) is 102 cm³/mol. The van der Waals surface area contributed by atoms with Gasteiger partial charge in [-0.1, -0.05) is 11.6 Å². The number of benzene rings is 2. The maximum Gasteiger partial charge on any atom is 0.322 e. The van der Waals surface area contributed by atoms with Gasteiger partial charge in [-0.25, -0.2) is 9.18 Å².